The molecule has 4 rings (SSSR count). The molecule has 0 spiro atoms. The summed E-state index contributed by atoms with van der Waals surface area (Å²) in [4.78, 5) is 12.6. The van der Waals surface area contributed by atoms with Crippen LogP contribution in [0.1, 0.15) is 16.1 Å². The molecule has 0 saturated heterocycles. The Balaban J connectivity index is 1.53. The second kappa shape index (κ2) is 6.69. The minimum absolute atomic E-state index is 0.204. The van der Waals surface area contributed by atoms with Gasteiger partial charge in [-0.25, -0.2) is 0 Å². The summed E-state index contributed by atoms with van der Waals surface area (Å²) in [6, 6.07) is 19.3. The standard InChI is InChI=1S/C20H17ClN4O/c1-24-17-12-16(21)8-7-15(17)11-18(24)20(26)22-19-9-10-25(23-19)13-14-5-3-2-4-6-14/h2-12H,13H2,1H3,(H,22,23,26). The average molecular weight is 365 g/mol. The van der Waals surface area contributed by atoms with Gasteiger partial charge in [0, 0.05) is 35.2 Å². The first-order valence-electron chi connectivity index (χ1n) is 8.24. The summed E-state index contributed by atoms with van der Waals surface area (Å²) >= 11 is 6.05. The quantitative estimate of drug-likeness (QED) is 0.586. The van der Waals surface area contributed by atoms with Crippen molar-refractivity contribution < 1.29 is 4.79 Å². The second-order valence-corrected chi connectivity index (χ2v) is 6.57. The van der Waals surface area contributed by atoms with Crippen molar-refractivity contribution in [3.8, 4) is 0 Å². The largest absolute Gasteiger partial charge is 0.340 e. The van der Waals surface area contributed by atoms with Gasteiger partial charge < -0.3 is 9.88 Å². The summed E-state index contributed by atoms with van der Waals surface area (Å²) in [5, 5.41) is 8.89. The zero-order valence-corrected chi connectivity index (χ0v) is 14.9. The molecule has 130 valence electrons. The van der Waals surface area contributed by atoms with Crippen molar-refractivity contribution in [1.82, 2.24) is 14.3 Å². The van der Waals surface area contributed by atoms with Crippen LogP contribution in [-0.4, -0.2) is 20.3 Å². The number of fused-ring (bicyclic) bond motifs is 1. The lowest BCUT2D eigenvalue weighted by atomic mass is 10.2. The number of carbonyl (C=O) groups is 1. The van der Waals surface area contributed by atoms with E-state index in [0.717, 1.165) is 16.5 Å². The molecule has 2 heterocycles. The first-order chi connectivity index (χ1) is 12.6. The zero-order valence-electron chi connectivity index (χ0n) is 14.2. The molecule has 0 aliphatic rings. The molecule has 0 aliphatic carbocycles. The Labute approximate surface area is 155 Å². The van der Waals surface area contributed by atoms with Crippen LogP contribution in [0.2, 0.25) is 5.02 Å². The molecule has 0 unspecified atom stereocenters. The topological polar surface area (TPSA) is 51.9 Å². The lowest BCUT2D eigenvalue weighted by Crippen LogP contribution is -2.16. The SMILES string of the molecule is Cn1c(C(=O)Nc2ccn(Cc3ccccc3)n2)cc2ccc(Cl)cc21. The van der Waals surface area contributed by atoms with Crippen molar-refractivity contribution in [1.29, 1.82) is 0 Å². The number of aryl methyl sites for hydroxylation is 1. The number of rotatable bonds is 4. The first kappa shape index (κ1) is 16.4. The summed E-state index contributed by atoms with van der Waals surface area (Å²) in [5.41, 5.74) is 2.62. The van der Waals surface area contributed by atoms with Crippen molar-refractivity contribution in [2.24, 2.45) is 7.05 Å². The number of amides is 1. The highest BCUT2D eigenvalue weighted by molar-refractivity contribution is 6.31. The van der Waals surface area contributed by atoms with E-state index in [4.69, 9.17) is 11.6 Å². The minimum Gasteiger partial charge on any atom is -0.340 e. The molecule has 1 N–H and O–H groups in total. The summed E-state index contributed by atoms with van der Waals surface area (Å²) < 4.78 is 3.63. The van der Waals surface area contributed by atoms with E-state index in [9.17, 15) is 4.79 Å². The maximum atomic E-state index is 12.6. The number of nitrogens with zero attached hydrogens (tertiary/aromatic N) is 3. The van der Waals surface area contributed by atoms with Crippen LogP contribution in [0.25, 0.3) is 10.9 Å². The predicted octanol–water partition coefficient (Wildman–Crippen LogP) is 4.33. The Bertz CT molecular complexity index is 1080. The monoisotopic (exact) mass is 364 g/mol. The van der Waals surface area contributed by atoms with Crippen molar-refractivity contribution >= 4 is 34.2 Å². The van der Waals surface area contributed by atoms with E-state index in [1.807, 2.05) is 72.4 Å². The van der Waals surface area contributed by atoms with Gasteiger partial charge in [-0.15, -0.1) is 0 Å². The van der Waals surface area contributed by atoms with Crippen molar-refractivity contribution in [3.63, 3.8) is 0 Å². The molecule has 0 saturated carbocycles. The number of anilines is 1. The highest BCUT2D eigenvalue weighted by atomic mass is 35.5. The number of benzene rings is 2. The van der Waals surface area contributed by atoms with E-state index in [-0.39, 0.29) is 5.91 Å². The molecule has 4 aromatic rings. The molecule has 2 aromatic carbocycles. The van der Waals surface area contributed by atoms with Crippen LogP contribution in [0.3, 0.4) is 0 Å². The van der Waals surface area contributed by atoms with Crippen LogP contribution in [0.4, 0.5) is 5.82 Å². The third-order valence-electron chi connectivity index (χ3n) is 4.31. The van der Waals surface area contributed by atoms with Crippen molar-refractivity contribution in [2.45, 2.75) is 6.54 Å². The van der Waals surface area contributed by atoms with Gasteiger partial charge >= 0.3 is 0 Å². The van der Waals surface area contributed by atoms with E-state index in [1.54, 1.807) is 10.7 Å². The minimum atomic E-state index is -0.204. The summed E-state index contributed by atoms with van der Waals surface area (Å²) in [6.45, 7) is 0.656. The molecule has 6 heteroatoms. The Morgan fingerprint density at radius 2 is 1.92 bits per heavy atom. The van der Waals surface area contributed by atoms with E-state index in [2.05, 4.69) is 10.4 Å². The predicted molar refractivity (Wildman–Crippen MR) is 104 cm³/mol. The van der Waals surface area contributed by atoms with Gasteiger partial charge in [-0.05, 0) is 23.8 Å². The highest BCUT2D eigenvalue weighted by Gasteiger charge is 2.15. The van der Waals surface area contributed by atoms with E-state index in [0.29, 0.717) is 23.1 Å². The van der Waals surface area contributed by atoms with Crippen LogP contribution >= 0.6 is 11.6 Å². The number of hydrogen-bond donors (Lipinski definition) is 1. The summed E-state index contributed by atoms with van der Waals surface area (Å²) in [6.07, 6.45) is 1.85. The highest BCUT2D eigenvalue weighted by Crippen LogP contribution is 2.23. The molecule has 26 heavy (non-hydrogen) atoms. The zero-order chi connectivity index (χ0) is 18.1. The van der Waals surface area contributed by atoms with Gasteiger partial charge in [0.25, 0.3) is 5.91 Å². The van der Waals surface area contributed by atoms with Gasteiger partial charge in [0.2, 0.25) is 0 Å². The Hall–Kier alpha value is -3.05. The first-order valence-corrected chi connectivity index (χ1v) is 8.62. The number of aromatic nitrogens is 3. The molecule has 5 nitrogen and oxygen atoms in total. The average Bonchev–Trinajstić information content (AvgIpc) is 3.20. The Morgan fingerprint density at radius 1 is 1.12 bits per heavy atom. The fourth-order valence-corrected chi connectivity index (χ4v) is 3.15. The third kappa shape index (κ3) is 3.21. The molecule has 0 bridgehead atoms. The normalized spacial score (nSPS) is 11.0. The fraction of sp³-hybridized carbons (Fsp3) is 0.100. The molecule has 2 aromatic heterocycles. The van der Waals surface area contributed by atoms with Gasteiger partial charge in [-0.3, -0.25) is 9.48 Å². The van der Waals surface area contributed by atoms with Crippen LogP contribution in [0.5, 0.6) is 0 Å². The van der Waals surface area contributed by atoms with E-state index in [1.165, 1.54) is 0 Å². The van der Waals surface area contributed by atoms with Gasteiger partial charge in [-0.1, -0.05) is 48.0 Å². The van der Waals surface area contributed by atoms with E-state index >= 15 is 0 Å². The van der Waals surface area contributed by atoms with Crippen LogP contribution in [-0.2, 0) is 13.6 Å². The molecule has 0 fully saturated rings. The molecular formula is C20H17ClN4O. The van der Waals surface area contributed by atoms with Gasteiger partial charge in [-0.2, -0.15) is 5.10 Å². The number of nitrogens with one attached hydrogen (secondary N) is 1. The number of carbonyl (C=O) groups excluding carboxylic acids is 1. The number of hydrogen-bond acceptors (Lipinski definition) is 2. The van der Waals surface area contributed by atoms with Gasteiger partial charge in [0.1, 0.15) is 5.69 Å². The summed E-state index contributed by atoms with van der Waals surface area (Å²) in [7, 11) is 1.85. The Kier molecular flexibility index (Phi) is 4.22. The van der Waals surface area contributed by atoms with Crippen molar-refractivity contribution in [2.75, 3.05) is 5.32 Å². The maximum absolute atomic E-state index is 12.6. The Morgan fingerprint density at radius 3 is 2.73 bits per heavy atom. The molecular weight excluding hydrogens is 348 g/mol. The van der Waals surface area contributed by atoms with Crippen LogP contribution in [0, 0.1) is 0 Å². The van der Waals surface area contributed by atoms with Crippen LogP contribution in [0.15, 0.2) is 66.9 Å². The number of halogens is 1. The van der Waals surface area contributed by atoms with Crippen molar-refractivity contribution in [3.05, 3.63) is 83.1 Å². The molecule has 1 amide bonds. The van der Waals surface area contributed by atoms with Crippen LogP contribution < -0.4 is 5.32 Å². The van der Waals surface area contributed by atoms with Gasteiger partial charge in [0.15, 0.2) is 5.82 Å². The maximum Gasteiger partial charge on any atom is 0.273 e. The second-order valence-electron chi connectivity index (χ2n) is 6.13. The lowest BCUT2D eigenvalue weighted by Gasteiger charge is -2.05. The molecule has 0 atom stereocenters. The molecule has 0 radical (unpaired) electrons. The summed E-state index contributed by atoms with van der Waals surface area (Å²) in [5.74, 6) is 0.319. The third-order valence-corrected chi connectivity index (χ3v) is 4.54. The smallest absolute Gasteiger partial charge is 0.273 e. The molecule has 0 aliphatic heterocycles. The lowest BCUT2D eigenvalue weighted by molar-refractivity contribution is 0.101. The fourth-order valence-electron chi connectivity index (χ4n) is 2.99. The van der Waals surface area contributed by atoms with Gasteiger partial charge in [0.05, 0.1) is 6.54 Å². The van der Waals surface area contributed by atoms with E-state index < -0.39 is 0 Å².